The van der Waals surface area contributed by atoms with Crippen LogP contribution < -0.4 is 10.1 Å². The fourth-order valence-corrected chi connectivity index (χ4v) is 2.68. The normalized spacial score (nSPS) is 10.6. The molecule has 0 aliphatic rings. The van der Waals surface area contributed by atoms with E-state index in [1.807, 2.05) is 36.5 Å². The Morgan fingerprint density at radius 2 is 1.95 bits per heavy atom. The van der Waals surface area contributed by atoms with Crippen LogP contribution in [0.4, 0.5) is 0 Å². The van der Waals surface area contributed by atoms with Gasteiger partial charge in [0.25, 0.3) is 0 Å². The minimum Gasteiger partial charge on any atom is -0.497 e. The Morgan fingerprint density at radius 1 is 1.14 bits per heavy atom. The van der Waals surface area contributed by atoms with Crippen LogP contribution in [0.25, 0.3) is 0 Å². The maximum Gasteiger partial charge on any atom is 0.118 e. The lowest BCUT2D eigenvalue weighted by Crippen LogP contribution is -2.19. The summed E-state index contributed by atoms with van der Waals surface area (Å²) in [4.78, 5) is 5.62. The van der Waals surface area contributed by atoms with Crippen molar-refractivity contribution >= 4 is 11.8 Å². The third-order valence-corrected chi connectivity index (χ3v) is 3.99. The predicted octanol–water partition coefficient (Wildman–Crippen LogP) is 2.98. The van der Waals surface area contributed by atoms with E-state index in [0.29, 0.717) is 6.61 Å². The smallest absolute Gasteiger partial charge is 0.118 e. The molecule has 2 rings (SSSR count). The molecule has 1 aromatic heterocycles. The van der Waals surface area contributed by atoms with Gasteiger partial charge in [-0.15, -0.1) is 0 Å². The second-order valence-corrected chi connectivity index (χ2v) is 5.48. The number of hydrogen-bond donors (Lipinski definition) is 1. The minimum atomic E-state index is 0.710. The Hall–Kier alpha value is -1.56. The number of rotatable bonds is 8. The molecule has 0 aliphatic heterocycles. The Morgan fingerprint density at radius 3 is 2.67 bits per heavy atom. The molecule has 4 nitrogen and oxygen atoms in total. The van der Waals surface area contributed by atoms with Crippen molar-refractivity contribution in [3.63, 3.8) is 0 Å². The van der Waals surface area contributed by atoms with E-state index in [2.05, 4.69) is 16.4 Å². The number of pyridine rings is 1. The van der Waals surface area contributed by atoms with E-state index in [0.717, 1.165) is 28.8 Å². The SMILES string of the molecule is COCCNCc1cccnc1Sc1ccc(OC)cc1. The van der Waals surface area contributed by atoms with E-state index < -0.39 is 0 Å². The summed E-state index contributed by atoms with van der Waals surface area (Å²) in [7, 11) is 3.38. The highest BCUT2D eigenvalue weighted by Crippen LogP contribution is 2.29. The molecule has 2 aromatic rings. The summed E-state index contributed by atoms with van der Waals surface area (Å²) in [5, 5.41) is 4.37. The van der Waals surface area contributed by atoms with Gasteiger partial charge in [0.1, 0.15) is 10.8 Å². The van der Waals surface area contributed by atoms with E-state index in [4.69, 9.17) is 9.47 Å². The highest BCUT2D eigenvalue weighted by molar-refractivity contribution is 7.99. The number of methoxy groups -OCH3 is 2. The van der Waals surface area contributed by atoms with Gasteiger partial charge in [-0.25, -0.2) is 4.98 Å². The lowest BCUT2D eigenvalue weighted by molar-refractivity contribution is 0.199. The van der Waals surface area contributed by atoms with Crippen molar-refractivity contribution in [1.29, 1.82) is 0 Å². The molecule has 0 spiro atoms. The van der Waals surface area contributed by atoms with Gasteiger partial charge in [-0.3, -0.25) is 0 Å². The number of nitrogens with zero attached hydrogens (tertiary/aromatic N) is 1. The van der Waals surface area contributed by atoms with Gasteiger partial charge in [-0.05, 0) is 35.9 Å². The van der Waals surface area contributed by atoms with E-state index in [9.17, 15) is 0 Å². The Labute approximate surface area is 129 Å². The molecule has 0 radical (unpaired) electrons. The summed E-state index contributed by atoms with van der Waals surface area (Å²) in [6, 6.07) is 12.1. The quantitative estimate of drug-likeness (QED) is 0.760. The molecule has 5 heteroatoms. The molecule has 0 saturated heterocycles. The molecular weight excluding hydrogens is 284 g/mol. The highest BCUT2D eigenvalue weighted by Gasteiger charge is 2.05. The zero-order chi connectivity index (χ0) is 14.9. The molecule has 0 fully saturated rings. The summed E-state index contributed by atoms with van der Waals surface area (Å²) >= 11 is 1.66. The number of aromatic nitrogens is 1. The van der Waals surface area contributed by atoms with Gasteiger partial charge in [0, 0.05) is 31.3 Å². The summed E-state index contributed by atoms with van der Waals surface area (Å²) in [5.41, 5.74) is 1.19. The molecule has 1 N–H and O–H groups in total. The van der Waals surface area contributed by atoms with Gasteiger partial charge in [0.15, 0.2) is 0 Å². The van der Waals surface area contributed by atoms with Crippen molar-refractivity contribution in [2.45, 2.75) is 16.5 Å². The van der Waals surface area contributed by atoms with Crippen molar-refractivity contribution < 1.29 is 9.47 Å². The van der Waals surface area contributed by atoms with Crippen LogP contribution in [0.15, 0.2) is 52.5 Å². The third-order valence-electron chi connectivity index (χ3n) is 2.92. The molecule has 0 aliphatic carbocycles. The predicted molar refractivity (Wildman–Crippen MR) is 84.9 cm³/mol. The summed E-state index contributed by atoms with van der Waals surface area (Å²) in [6.07, 6.45) is 1.82. The molecule has 21 heavy (non-hydrogen) atoms. The van der Waals surface area contributed by atoms with E-state index in [1.165, 1.54) is 5.56 Å². The summed E-state index contributed by atoms with van der Waals surface area (Å²) < 4.78 is 10.2. The lowest BCUT2D eigenvalue weighted by atomic mass is 10.3. The zero-order valence-electron chi connectivity index (χ0n) is 12.3. The summed E-state index contributed by atoms with van der Waals surface area (Å²) in [6.45, 7) is 2.33. The number of hydrogen-bond acceptors (Lipinski definition) is 5. The van der Waals surface area contributed by atoms with Crippen LogP contribution in [0.3, 0.4) is 0 Å². The van der Waals surface area contributed by atoms with Crippen molar-refractivity contribution in [3.05, 3.63) is 48.2 Å². The molecule has 112 valence electrons. The van der Waals surface area contributed by atoms with Crippen LogP contribution >= 0.6 is 11.8 Å². The average molecular weight is 304 g/mol. The van der Waals surface area contributed by atoms with Crippen LogP contribution in [0.2, 0.25) is 0 Å². The second kappa shape index (κ2) is 8.67. The van der Waals surface area contributed by atoms with Crippen LogP contribution in [0.1, 0.15) is 5.56 Å². The van der Waals surface area contributed by atoms with Crippen molar-refractivity contribution in [3.8, 4) is 5.75 Å². The van der Waals surface area contributed by atoms with Crippen LogP contribution in [0, 0.1) is 0 Å². The Bertz CT molecular complexity index is 546. The molecule has 1 heterocycles. The first-order chi connectivity index (χ1) is 10.3. The second-order valence-electron chi connectivity index (χ2n) is 4.41. The minimum absolute atomic E-state index is 0.710. The molecule has 0 amide bonds. The largest absolute Gasteiger partial charge is 0.497 e. The van der Waals surface area contributed by atoms with Gasteiger partial charge >= 0.3 is 0 Å². The van der Waals surface area contributed by atoms with Crippen molar-refractivity contribution in [2.24, 2.45) is 0 Å². The molecule has 1 aromatic carbocycles. The maximum absolute atomic E-state index is 5.17. The monoisotopic (exact) mass is 304 g/mol. The number of nitrogens with one attached hydrogen (secondary N) is 1. The first-order valence-electron chi connectivity index (χ1n) is 6.79. The topological polar surface area (TPSA) is 43.4 Å². The van der Waals surface area contributed by atoms with Gasteiger partial charge in [0.2, 0.25) is 0 Å². The lowest BCUT2D eigenvalue weighted by Gasteiger charge is -2.09. The zero-order valence-corrected chi connectivity index (χ0v) is 13.2. The summed E-state index contributed by atoms with van der Waals surface area (Å²) in [5.74, 6) is 0.863. The van der Waals surface area contributed by atoms with Crippen LogP contribution in [0.5, 0.6) is 5.75 Å². The van der Waals surface area contributed by atoms with Crippen LogP contribution in [-0.2, 0) is 11.3 Å². The average Bonchev–Trinajstić information content (AvgIpc) is 2.54. The van der Waals surface area contributed by atoms with E-state index in [1.54, 1.807) is 26.0 Å². The first-order valence-corrected chi connectivity index (χ1v) is 7.60. The molecule has 0 bridgehead atoms. The molecule has 0 saturated carbocycles. The van der Waals surface area contributed by atoms with Gasteiger partial charge < -0.3 is 14.8 Å². The van der Waals surface area contributed by atoms with Crippen molar-refractivity contribution in [1.82, 2.24) is 10.3 Å². The Balaban J connectivity index is 2.01. The third kappa shape index (κ3) is 5.04. The fraction of sp³-hybridized carbons (Fsp3) is 0.312. The maximum atomic E-state index is 5.17. The van der Waals surface area contributed by atoms with Crippen LogP contribution in [-0.4, -0.2) is 32.4 Å². The fourth-order valence-electron chi connectivity index (χ4n) is 1.80. The van der Waals surface area contributed by atoms with Gasteiger partial charge in [0.05, 0.1) is 13.7 Å². The van der Waals surface area contributed by atoms with E-state index in [-0.39, 0.29) is 0 Å². The molecule has 0 unspecified atom stereocenters. The molecule has 0 atom stereocenters. The number of ether oxygens (including phenoxy) is 2. The van der Waals surface area contributed by atoms with Crippen molar-refractivity contribution in [2.75, 3.05) is 27.4 Å². The van der Waals surface area contributed by atoms with Gasteiger partial charge in [-0.1, -0.05) is 17.8 Å². The van der Waals surface area contributed by atoms with Gasteiger partial charge in [-0.2, -0.15) is 0 Å². The number of benzene rings is 1. The standard InChI is InChI=1S/C16H20N2O2S/c1-19-11-10-17-12-13-4-3-9-18-16(13)21-15-7-5-14(20-2)6-8-15/h3-9,17H,10-12H2,1-2H3. The highest BCUT2D eigenvalue weighted by atomic mass is 32.2. The first kappa shape index (κ1) is 15.8. The Kier molecular flexibility index (Phi) is 6.53. The molecular formula is C16H20N2O2S. The van der Waals surface area contributed by atoms with E-state index >= 15 is 0 Å².